The van der Waals surface area contributed by atoms with Gasteiger partial charge in [0.2, 0.25) is 0 Å². The Kier molecular flexibility index (Phi) is 4.97. The van der Waals surface area contributed by atoms with Gasteiger partial charge in [0.1, 0.15) is 5.75 Å². The van der Waals surface area contributed by atoms with Crippen LogP contribution < -0.4 is 11.1 Å². The third-order valence-corrected chi connectivity index (χ3v) is 5.58. The number of anilines is 1. The number of nitrogens with two attached hydrogens (primary N) is 1. The molecule has 2 aromatic rings. The zero-order chi connectivity index (χ0) is 19.8. The molecule has 1 aliphatic rings. The minimum atomic E-state index is -0.396. The van der Waals surface area contributed by atoms with Crippen LogP contribution in [0.2, 0.25) is 0 Å². The monoisotopic (exact) mass is 383 g/mol. The number of phenolic OH excluding ortho intramolecular Hbond substituents is 1. The Morgan fingerprint density at radius 3 is 2.59 bits per heavy atom. The van der Waals surface area contributed by atoms with Crippen LogP contribution in [0.5, 0.6) is 5.75 Å². The van der Waals surface area contributed by atoms with E-state index in [1.807, 2.05) is 18.2 Å². The van der Waals surface area contributed by atoms with E-state index in [2.05, 4.69) is 31.1 Å². The fraction of sp³-hybridized carbons (Fsp3) is 0.250. The number of aromatic hydroxyl groups is 1. The number of phenols is 1. The molecule has 0 unspecified atom stereocenters. The van der Waals surface area contributed by atoms with Crippen LogP contribution in [0.1, 0.15) is 38.3 Å². The predicted molar refractivity (Wildman–Crippen MR) is 108 cm³/mol. The van der Waals surface area contributed by atoms with E-state index < -0.39 is 5.91 Å². The van der Waals surface area contributed by atoms with Crippen molar-refractivity contribution in [1.29, 1.82) is 0 Å². The Balaban J connectivity index is 1.95. The molecule has 140 valence electrons. The van der Waals surface area contributed by atoms with Gasteiger partial charge in [0, 0.05) is 17.3 Å². The van der Waals surface area contributed by atoms with Crippen LogP contribution in [-0.2, 0) is 10.2 Å². The number of carbonyl (C=O) groups excluding carboxylic acids is 2. The van der Waals surface area contributed by atoms with Gasteiger partial charge in [0.25, 0.3) is 11.1 Å². The molecule has 2 heterocycles. The van der Waals surface area contributed by atoms with Gasteiger partial charge in [0.15, 0.2) is 0 Å². The molecule has 0 bridgehead atoms. The number of imide groups is 1. The van der Waals surface area contributed by atoms with Crippen LogP contribution in [0, 0.1) is 0 Å². The normalized spacial score (nSPS) is 16.0. The Morgan fingerprint density at radius 1 is 1.30 bits per heavy atom. The highest BCUT2D eigenvalue weighted by Crippen LogP contribution is 2.40. The van der Waals surface area contributed by atoms with E-state index in [1.54, 1.807) is 18.3 Å². The Hall–Kier alpha value is -2.80. The fourth-order valence-corrected chi connectivity index (χ4v) is 3.43. The van der Waals surface area contributed by atoms with Gasteiger partial charge in [-0.05, 0) is 53.4 Å². The zero-order valence-electron chi connectivity index (χ0n) is 15.4. The molecule has 1 aliphatic heterocycles. The molecule has 3 rings (SSSR count). The van der Waals surface area contributed by atoms with Gasteiger partial charge in [-0.2, -0.15) is 0 Å². The van der Waals surface area contributed by atoms with E-state index in [1.165, 1.54) is 0 Å². The first kappa shape index (κ1) is 19.0. The Morgan fingerprint density at radius 2 is 2.04 bits per heavy atom. The zero-order valence-corrected chi connectivity index (χ0v) is 16.2. The van der Waals surface area contributed by atoms with E-state index in [-0.39, 0.29) is 16.4 Å². The number of hydrogen-bond donors (Lipinski definition) is 3. The summed E-state index contributed by atoms with van der Waals surface area (Å²) in [7, 11) is 0. The summed E-state index contributed by atoms with van der Waals surface area (Å²) >= 11 is 0.869. The second-order valence-corrected chi connectivity index (χ2v) is 8.04. The number of thioether (sulfide) groups is 1. The highest BCUT2D eigenvalue weighted by atomic mass is 32.2. The van der Waals surface area contributed by atoms with Crippen LogP contribution in [0.15, 0.2) is 35.4 Å². The summed E-state index contributed by atoms with van der Waals surface area (Å²) in [4.78, 5) is 27.7. The number of pyridine rings is 1. The van der Waals surface area contributed by atoms with Crippen LogP contribution in [-0.4, -0.2) is 21.2 Å². The number of amides is 2. The maximum Gasteiger partial charge on any atom is 0.290 e. The van der Waals surface area contributed by atoms with Crippen molar-refractivity contribution in [2.24, 2.45) is 0 Å². The number of hydrogen-bond acceptors (Lipinski definition) is 6. The van der Waals surface area contributed by atoms with E-state index >= 15 is 0 Å². The van der Waals surface area contributed by atoms with Crippen molar-refractivity contribution in [2.45, 2.75) is 32.6 Å². The Labute approximate surface area is 161 Å². The molecule has 1 saturated heterocycles. The van der Waals surface area contributed by atoms with Crippen molar-refractivity contribution in [3.63, 3.8) is 0 Å². The topological polar surface area (TPSA) is 105 Å². The molecule has 2 amide bonds. The fourth-order valence-electron chi connectivity index (χ4n) is 2.75. The van der Waals surface area contributed by atoms with Gasteiger partial charge in [0.05, 0.1) is 16.3 Å². The van der Waals surface area contributed by atoms with Gasteiger partial charge < -0.3 is 10.8 Å². The lowest BCUT2D eigenvalue weighted by Gasteiger charge is -2.25. The highest BCUT2D eigenvalue weighted by molar-refractivity contribution is 8.18. The Bertz CT molecular complexity index is 950. The molecule has 0 spiro atoms. The molecule has 4 N–H and O–H groups in total. The average Bonchev–Trinajstić information content (AvgIpc) is 2.94. The highest BCUT2D eigenvalue weighted by Gasteiger charge is 2.25. The maximum atomic E-state index is 11.6. The predicted octanol–water partition coefficient (Wildman–Crippen LogP) is 4.05. The van der Waals surface area contributed by atoms with Crippen LogP contribution in [0.4, 0.5) is 10.5 Å². The maximum absolute atomic E-state index is 11.6. The molecule has 0 saturated carbocycles. The average molecular weight is 383 g/mol. The van der Waals surface area contributed by atoms with Gasteiger partial charge >= 0.3 is 0 Å². The summed E-state index contributed by atoms with van der Waals surface area (Å²) in [5, 5.41) is 12.2. The first-order valence-corrected chi connectivity index (χ1v) is 9.37. The van der Waals surface area contributed by atoms with Crippen molar-refractivity contribution in [3.8, 4) is 17.0 Å². The molecule has 1 aromatic heterocycles. The molecule has 0 atom stereocenters. The lowest BCUT2D eigenvalue weighted by Crippen LogP contribution is -2.17. The number of carbonyl (C=O) groups is 2. The first-order valence-electron chi connectivity index (χ1n) is 8.55. The van der Waals surface area contributed by atoms with Crippen LogP contribution in [0.3, 0.4) is 0 Å². The molecule has 1 aromatic carbocycles. The van der Waals surface area contributed by atoms with Crippen molar-refractivity contribution in [3.05, 3.63) is 46.5 Å². The molecule has 0 aliphatic carbocycles. The van der Waals surface area contributed by atoms with Gasteiger partial charge in [-0.25, -0.2) is 0 Å². The SMILES string of the molecule is CCC(C)(C)c1cc(-c2ccc(/C=C3\SC(=O)NC3=O)cn2)cc(N)c1O. The van der Waals surface area contributed by atoms with Crippen molar-refractivity contribution in [2.75, 3.05) is 5.73 Å². The second kappa shape index (κ2) is 7.08. The molecule has 27 heavy (non-hydrogen) atoms. The minimum Gasteiger partial charge on any atom is -0.505 e. The lowest BCUT2D eigenvalue weighted by molar-refractivity contribution is -0.115. The smallest absolute Gasteiger partial charge is 0.290 e. The molecule has 0 radical (unpaired) electrons. The van der Waals surface area contributed by atoms with E-state index in [9.17, 15) is 14.7 Å². The van der Waals surface area contributed by atoms with Crippen molar-refractivity contribution < 1.29 is 14.7 Å². The first-order chi connectivity index (χ1) is 12.7. The van der Waals surface area contributed by atoms with Crippen LogP contribution >= 0.6 is 11.8 Å². The number of aromatic nitrogens is 1. The number of nitrogens with zero attached hydrogens (tertiary/aromatic N) is 1. The van der Waals surface area contributed by atoms with E-state index in [4.69, 9.17) is 5.73 Å². The summed E-state index contributed by atoms with van der Waals surface area (Å²) < 4.78 is 0. The number of nitrogen functional groups attached to an aromatic ring is 1. The minimum absolute atomic E-state index is 0.112. The molecular weight excluding hydrogens is 362 g/mol. The molecule has 1 fully saturated rings. The quantitative estimate of drug-likeness (QED) is 0.418. The summed E-state index contributed by atoms with van der Waals surface area (Å²) in [6.07, 6.45) is 4.10. The summed E-state index contributed by atoms with van der Waals surface area (Å²) in [6, 6.07) is 7.25. The standard InChI is InChI=1S/C20H21N3O3S/c1-4-20(2,3)13-8-12(9-14(21)17(13)24)15-6-5-11(10-22-15)7-16-18(25)23-19(26)27-16/h5-10,24H,4,21H2,1-3H3,(H,23,25,26)/b16-7-. The molecule has 6 nitrogen and oxygen atoms in total. The summed E-state index contributed by atoms with van der Waals surface area (Å²) in [5.41, 5.74) is 9.11. The number of benzene rings is 1. The number of nitrogens with one attached hydrogen (secondary N) is 1. The largest absolute Gasteiger partial charge is 0.505 e. The van der Waals surface area contributed by atoms with Crippen molar-refractivity contribution >= 4 is 34.7 Å². The summed E-state index contributed by atoms with van der Waals surface area (Å²) in [6.45, 7) is 6.17. The van der Waals surface area contributed by atoms with Crippen LogP contribution in [0.25, 0.3) is 17.3 Å². The van der Waals surface area contributed by atoms with Gasteiger partial charge in [-0.1, -0.05) is 26.8 Å². The second-order valence-electron chi connectivity index (χ2n) is 7.03. The third-order valence-electron chi connectivity index (χ3n) is 4.77. The van der Waals surface area contributed by atoms with E-state index in [0.717, 1.165) is 29.3 Å². The molecular formula is C20H21N3O3S. The van der Waals surface area contributed by atoms with Gasteiger partial charge in [-0.15, -0.1) is 0 Å². The van der Waals surface area contributed by atoms with Crippen molar-refractivity contribution in [1.82, 2.24) is 10.3 Å². The third kappa shape index (κ3) is 3.83. The van der Waals surface area contributed by atoms with E-state index in [0.29, 0.717) is 21.8 Å². The van der Waals surface area contributed by atoms with Gasteiger partial charge in [-0.3, -0.25) is 19.9 Å². The lowest BCUT2D eigenvalue weighted by atomic mass is 9.80. The summed E-state index contributed by atoms with van der Waals surface area (Å²) in [5.74, 6) is -0.285. The number of rotatable bonds is 4. The molecule has 7 heteroatoms.